The normalized spacial score (nSPS) is 12.8. The first kappa shape index (κ1) is 10.2. The van der Waals surface area contributed by atoms with Gasteiger partial charge in [0.2, 0.25) is 0 Å². The molecule has 0 N–H and O–H groups in total. The molecule has 1 atom stereocenters. The summed E-state index contributed by atoms with van der Waals surface area (Å²) in [6.07, 6.45) is 0.441. The second-order valence-electron chi connectivity index (χ2n) is 2.99. The van der Waals surface area contributed by atoms with Gasteiger partial charge in [0, 0.05) is 13.0 Å². The standard InChI is InChI=1S/C11H15O2/c1-2-8-13-11(12)9-10-6-4-3-5-7-10/h3-7,11H,2,8-9H2,1H3. The zero-order valence-corrected chi connectivity index (χ0v) is 7.90. The minimum Gasteiger partial charge on any atom is -0.349 e. The van der Waals surface area contributed by atoms with Crippen LogP contribution in [-0.2, 0) is 16.3 Å². The SMILES string of the molecule is CCCOC([O])Cc1ccccc1. The molecule has 1 radical (unpaired) electrons. The third-order valence-corrected chi connectivity index (χ3v) is 1.75. The van der Waals surface area contributed by atoms with E-state index in [4.69, 9.17) is 4.74 Å². The lowest BCUT2D eigenvalue weighted by Gasteiger charge is -2.08. The highest BCUT2D eigenvalue weighted by molar-refractivity contribution is 5.14. The average molecular weight is 179 g/mol. The van der Waals surface area contributed by atoms with Crippen molar-refractivity contribution in [3.05, 3.63) is 35.9 Å². The Balaban J connectivity index is 2.32. The van der Waals surface area contributed by atoms with Gasteiger partial charge in [0.25, 0.3) is 0 Å². The van der Waals surface area contributed by atoms with Crippen molar-refractivity contribution in [2.45, 2.75) is 26.1 Å². The molecular weight excluding hydrogens is 164 g/mol. The van der Waals surface area contributed by atoms with Crippen molar-refractivity contribution in [1.29, 1.82) is 0 Å². The van der Waals surface area contributed by atoms with E-state index < -0.39 is 6.29 Å². The Morgan fingerprint density at radius 3 is 2.62 bits per heavy atom. The van der Waals surface area contributed by atoms with Gasteiger partial charge in [-0.2, -0.15) is 0 Å². The molecule has 0 fully saturated rings. The van der Waals surface area contributed by atoms with Crippen LogP contribution in [0, 0.1) is 0 Å². The maximum Gasteiger partial charge on any atom is 0.195 e. The van der Waals surface area contributed by atoms with Crippen LogP contribution in [0.2, 0.25) is 0 Å². The van der Waals surface area contributed by atoms with Crippen molar-refractivity contribution in [2.75, 3.05) is 6.61 Å². The van der Waals surface area contributed by atoms with E-state index >= 15 is 0 Å². The topological polar surface area (TPSA) is 29.1 Å². The van der Waals surface area contributed by atoms with Crippen molar-refractivity contribution in [2.24, 2.45) is 0 Å². The number of hydrogen-bond acceptors (Lipinski definition) is 1. The Hall–Kier alpha value is -0.860. The molecule has 0 aliphatic carbocycles. The summed E-state index contributed by atoms with van der Waals surface area (Å²) in [5.74, 6) is 0. The number of rotatable bonds is 5. The number of ether oxygens (including phenoxy) is 1. The first-order chi connectivity index (χ1) is 6.33. The van der Waals surface area contributed by atoms with E-state index in [2.05, 4.69) is 0 Å². The molecule has 1 rings (SSSR count). The van der Waals surface area contributed by atoms with E-state index in [1.54, 1.807) is 0 Å². The summed E-state index contributed by atoms with van der Waals surface area (Å²) in [5.41, 5.74) is 1.04. The summed E-state index contributed by atoms with van der Waals surface area (Å²) in [7, 11) is 0. The van der Waals surface area contributed by atoms with Crippen LogP contribution in [0.3, 0.4) is 0 Å². The molecule has 0 aromatic heterocycles. The van der Waals surface area contributed by atoms with Gasteiger partial charge in [0.1, 0.15) is 0 Å². The van der Waals surface area contributed by atoms with Crippen molar-refractivity contribution in [3.8, 4) is 0 Å². The third-order valence-electron chi connectivity index (χ3n) is 1.75. The van der Waals surface area contributed by atoms with Crippen LogP contribution in [0.15, 0.2) is 30.3 Å². The van der Waals surface area contributed by atoms with Crippen molar-refractivity contribution in [3.63, 3.8) is 0 Å². The van der Waals surface area contributed by atoms with E-state index in [1.807, 2.05) is 37.3 Å². The lowest BCUT2D eigenvalue weighted by molar-refractivity contribution is -0.138. The van der Waals surface area contributed by atoms with Gasteiger partial charge in [-0.15, -0.1) is 0 Å². The van der Waals surface area contributed by atoms with Crippen LogP contribution in [0.4, 0.5) is 0 Å². The lowest BCUT2D eigenvalue weighted by Crippen LogP contribution is -2.13. The van der Waals surface area contributed by atoms with Crippen LogP contribution >= 0.6 is 0 Å². The lowest BCUT2D eigenvalue weighted by atomic mass is 10.1. The molecule has 0 bridgehead atoms. The molecule has 0 amide bonds. The first-order valence-electron chi connectivity index (χ1n) is 4.64. The summed E-state index contributed by atoms with van der Waals surface area (Å²) in [5, 5.41) is 11.2. The number of benzene rings is 1. The summed E-state index contributed by atoms with van der Waals surface area (Å²) >= 11 is 0. The van der Waals surface area contributed by atoms with E-state index in [1.165, 1.54) is 0 Å². The molecule has 1 aromatic carbocycles. The van der Waals surface area contributed by atoms with Crippen LogP contribution < -0.4 is 0 Å². The van der Waals surface area contributed by atoms with Gasteiger partial charge in [-0.05, 0) is 12.0 Å². The Morgan fingerprint density at radius 2 is 2.00 bits per heavy atom. The maximum absolute atomic E-state index is 11.2. The highest BCUT2D eigenvalue weighted by Gasteiger charge is 2.05. The van der Waals surface area contributed by atoms with Crippen LogP contribution in [0.5, 0.6) is 0 Å². The van der Waals surface area contributed by atoms with Crippen molar-refractivity contribution < 1.29 is 9.84 Å². The van der Waals surface area contributed by atoms with Gasteiger partial charge < -0.3 is 4.74 Å². The Kier molecular flexibility index (Phi) is 4.50. The molecule has 1 unspecified atom stereocenters. The van der Waals surface area contributed by atoms with Gasteiger partial charge in [-0.1, -0.05) is 37.3 Å². The van der Waals surface area contributed by atoms with E-state index in [9.17, 15) is 5.11 Å². The molecule has 2 nitrogen and oxygen atoms in total. The molecule has 71 valence electrons. The summed E-state index contributed by atoms with van der Waals surface area (Å²) < 4.78 is 5.04. The Morgan fingerprint density at radius 1 is 1.31 bits per heavy atom. The maximum atomic E-state index is 11.2. The van der Waals surface area contributed by atoms with Crippen LogP contribution in [0.25, 0.3) is 0 Å². The molecule has 1 aromatic rings. The van der Waals surface area contributed by atoms with Crippen molar-refractivity contribution in [1.82, 2.24) is 0 Å². The van der Waals surface area contributed by atoms with Gasteiger partial charge in [-0.3, -0.25) is 0 Å². The zero-order valence-electron chi connectivity index (χ0n) is 7.90. The van der Waals surface area contributed by atoms with Gasteiger partial charge >= 0.3 is 0 Å². The molecule has 13 heavy (non-hydrogen) atoms. The van der Waals surface area contributed by atoms with Crippen LogP contribution in [-0.4, -0.2) is 12.9 Å². The number of hydrogen-bond donors (Lipinski definition) is 0. The fourth-order valence-corrected chi connectivity index (χ4v) is 1.11. The van der Waals surface area contributed by atoms with Gasteiger partial charge in [-0.25, -0.2) is 5.11 Å². The fraction of sp³-hybridized carbons (Fsp3) is 0.455. The van der Waals surface area contributed by atoms with E-state index in [0.29, 0.717) is 13.0 Å². The Bertz CT molecular complexity index is 221. The van der Waals surface area contributed by atoms with E-state index in [0.717, 1.165) is 12.0 Å². The van der Waals surface area contributed by atoms with E-state index in [-0.39, 0.29) is 0 Å². The highest BCUT2D eigenvalue weighted by Crippen LogP contribution is 2.04. The molecule has 0 aliphatic rings. The predicted octanol–water partition coefficient (Wildman–Crippen LogP) is 2.41. The first-order valence-corrected chi connectivity index (χ1v) is 4.64. The third kappa shape index (κ3) is 4.06. The average Bonchev–Trinajstić information content (AvgIpc) is 2.16. The second kappa shape index (κ2) is 5.73. The molecule has 0 saturated carbocycles. The quantitative estimate of drug-likeness (QED) is 0.638. The summed E-state index contributed by atoms with van der Waals surface area (Å²) in [6.45, 7) is 2.55. The zero-order chi connectivity index (χ0) is 9.52. The Labute approximate surface area is 79.2 Å². The monoisotopic (exact) mass is 179 g/mol. The predicted molar refractivity (Wildman–Crippen MR) is 50.9 cm³/mol. The minimum atomic E-state index is -0.914. The smallest absolute Gasteiger partial charge is 0.195 e. The second-order valence-corrected chi connectivity index (χ2v) is 2.99. The van der Waals surface area contributed by atoms with Gasteiger partial charge in [0.05, 0.1) is 0 Å². The van der Waals surface area contributed by atoms with Crippen LogP contribution in [0.1, 0.15) is 18.9 Å². The molecule has 0 aliphatic heterocycles. The minimum absolute atomic E-state index is 0.459. The summed E-state index contributed by atoms with van der Waals surface area (Å²) in [4.78, 5) is 0. The fourth-order valence-electron chi connectivity index (χ4n) is 1.11. The van der Waals surface area contributed by atoms with Crippen molar-refractivity contribution >= 4 is 0 Å². The molecule has 0 spiro atoms. The highest BCUT2D eigenvalue weighted by atomic mass is 16.6. The molecular formula is C11H15O2. The van der Waals surface area contributed by atoms with Gasteiger partial charge in [0.15, 0.2) is 6.29 Å². The summed E-state index contributed by atoms with van der Waals surface area (Å²) in [6, 6.07) is 9.69. The largest absolute Gasteiger partial charge is 0.349 e. The molecule has 0 saturated heterocycles. The molecule has 0 heterocycles. The molecule has 2 heteroatoms.